The average Bonchev–Trinajstić information content (AvgIpc) is 2.69. The van der Waals surface area contributed by atoms with Gasteiger partial charge in [0, 0.05) is 18.7 Å². The van der Waals surface area contributed by atoms with Crippen LogP contribution in [0.5, 0.6) is 5.75 Å². The summed E-state index contributed by atoms with van der Waals surface area (Å²) in [6.07, 6.45) is 0. The highest BCUT2D eigenvalue weighted by atomic mass is 16.5. The molecule has 28 heavy (non-hydrogen) atoms. The highest BCUT2D eigenvalue weighted by molar-refractivity contribution is 6.35. The van der Waals surface area contributed by atoms with Crippen LogP contribution >= 0.6 is 0 Å². The number of hydrogen-bond acceptors (Lipinski definition) is 4. The lowest BCUT2D eigenvalue weighted by Crippen LogP contribution is -2.44. The number of aliphatic hydroxyl groups excluding tert-OH is 1. The van der Waals surface area contributed by atoms with Crippen molar-refractivity contribution in [3.63, 3.8) is 0 Å². The summed E-state index contributed by atoms with van der Waals surface area (Å²) in [5.41, 5.74) is 2.75. The smallest absolute Gasteiger partial charge is 0.312 e. The predicted octanol–water partition coefficient (Wildman–Crippen LogP) is 2.59. The quantitative estimate of drug-likeness (QED) is 0.686. The van der Waals surface area contributed by atoms with Crippen molar-refractivity contribution in [2.45, 2.75) is 33.4 Å². The molecule has 2 aromatic rings. The Hall–Kier alpha value is -2.86. The lowest BCUT2D eigenvalue weighted by molar-refractivity contribution is -0.147. The lowest BCUT2D eigenvalue weighted by Gasteiger charge is -2.23. The Morgan fingerprint density at radius 3 is 2.54 bits per heavy atom. The third kappa shape index (κ3) is 5.82. The molecule has 1 unspecified atom stereocenters. The monoisotopic (exact) mass is 384 g/mol. The van der Waals surface area contributed by atoms with E-state index in [0.717, 1.165) is 16.7 Å². The molecule has 0 aromatic heterocycles. The van der Waals surface area contributed by atoms with Gasteiger partial charge in [0.15, 0.2) is 0 Å². The van der Waals surface area contributed by atoms with Gasteiger partial charge < -0.3 is 20.1 Å². The highest BCUT2D eigenvalue weighted by Gasteiger charge is 2.24. The highest BCUT2D eigenvalue weighted by Crippen LogP contribution is 2.26. The Kier molecular flexibility index (Phi) is 8.02. The molecular formula is C22H28N2O4. The SMILES string of the molecule is CCOc1ccc(C)cc1C(C)NC(=O)C(=O)N(CCO)Cc1ccccc1. The van der Waals surface area contributed by atoms with Gasteiger partial charge in [0.1, 0.15) is 5.75 Å². The molecule has 6 heteroatoms. The first-order chi connectivity index (χ1) is 13.5. The molecule has 2 rings (SSSR count). The zero-order chi connectivity index (χ0) is 20.5. The second-order valence-corrected chi connectivity index (χ2v) is 6.61. The number of benzene rings is 2. The molecule has 0 saturated carbocycles. The number of carbonyl (C=O) groups is 2. The fourth-order valence-electron chi connectivity index (χ4n) is 2.95. The Bertz CT molecular complexity index is 792. The first kappa shape index (κ1) is 21.4. The van der Waals surface area contributed by atoms with Gasteiger partial charge in [0.2, 0.25) is 0 Å². The van der Waals surface area contributed by atoms with Crippen LogP contribution in [0.4, 0.5) is 0 Å². The minimum atomic E-state index is -0.708. The first-order valence-electron chi connectivity index (χ1n) is 9.44. The topological polar surface area (TPSA) is 78.9 Å². The van der Waals surface area contributed by atoms with E-state index in [2.05, 4.69) is 5.32 Å². The van der Waals surface area contributed by atoms with Gasteiger partial charge in [-0.05, 0) is 32.4 Å². The average molecular weight is 384 g/mol. The van der Waals surface area contributed by atoms with Crippen LogP contribution in [0, 0.1) is 6.92 Å². The van der Waals surface area contributed by atoms with Gasteiger partial charge in [-0.2, -0.15) is 0 Å². The van der Waals surface area contributed by atoms with Gasteiger partial charge in [-0.3, -0.25) is 9.59 Å². The van der Waals surface area contributed by atoms with Crippen LogP contribution in [0.25, 0.3) is 0 Å². The van der Waals surface area contributed by atoms with E-state index in [4.69, 9.17) is 4.74 Å². The molecule has 0 radical (unpaired) electrons. The second-order valence-electron chi connectivity index (χ2n) is 6.61. The number of aliphatic hydroxyl groups is 1. The molecule has 1 atom stereocenters. The maximum atomic E-state index is 12.7. The van der Waals surface area contributed by atoms with Crippen LogP contribution in [0.1, 0.15) is 36.6 Å². The van der Waals surface area contributed by atoms with Gasteiger partial charge in [-0.15, -0.1) is 0 Å². The van der Waals surface area contributed by atoms with E-state index < -0.39 is 17.9 Å². The molecule has 0 fully saturated rings. The number of carbonyl (C=O) groups excluding carboxylic acids is 2. The number of nitrogens with one attached hydrogen (secondary N) is 1. The van der Waals surface area contributed by atoms with Crippen molar-refractivity contribution in [3.05, 3.63) is 65.2 Å². The van der Waals surface area contributed by atoms with Gasteiger partial charge in [0.05, 0.1) is 19.3 Å². The van der Waals surface area contributed by atoms with E-state index in [1.165, 1.54) is 4.90 Å². The third-order valence-corrected chi connectivity index (χ3v) is 4.35. The molecule has 0 saturated heterocycles. The Balaban J connectivity index is 2.11. The number of rotatable bonds is 8. The van der Waals surface area contributed by atoms with E-state index in [9.17, 15) is 14.7 Å². The standard InChI is InChI=1S/C22H28N2O4/c1-4-28-20-11-10-16(2)14-19(20)17(3)23-21(26)22(27)24(12-13-25)15-18-8-6-5-7-9-18/h5-11,14,17,25H,4,12-13,15H2,1-3H3,(H,23,26). The lowest BCUT2D eigenvalue weighted by atomic mass is 10.0. The number of ether oxygens (including phenoxy) is 1. The van der Waals surface area contributed by atoms with Crippen LogP contribution in [-0.2, 0) is 16.1 Å². The molecule has 150 valence electrons. The van der Waals surface area contributed by atoms with Gasteiger partial charge in [-0.25, -0.2) is 0 Å². The predicted molar refractivity (Wildman–Crippen MR) is 108 cm³/mol. The summed E-state index contributed by atoms with van der Waals surface area (Å²) in [6, 6.07) is 14.7. The van der Waals surface area contributed by atoms with E-state index in [1.807, 2.05) is 69.3 Å². The van der Waals surface area contributed by atoms with Gasteiger partial charge >= 0.3 is 11.8 Å². The number of aryl methyl sites for hydroxylation is 1. The summed E-state index contributed by atoms with van der Waals surface area (Å²) >= 11 is 0. The van der Waals surface area contributed by atoms with Gasteiger partial charge in [-0.1, -0.05) is 48.0 Å². The summed E-state index contributed by atoms with van der Waals surface area (Å²) < 4.78 is 5.64. The van der Waals surface area contributed by atoms with Crippen molar-refractivity contribution < 1.29 is 19.4 Å². The van der Waals surface area contributed by atoms with E-state index in [0.29, 0.717) is 12.4 Å². The normalized spacial score (nSPS) is 11.6. The summed E-state index contributed by atoms with van der Waals surface area (Å²) in [6.45, 7) is 6.32. The summed E-state index contributed by atoms with van der Waals surface area (Å²) in [5.74, 6) is -0.693. The molecular weight excluding hydrogens is 356 g/mol. The number of amides is 2. The van der Waals surface area contributed by atoms with Crippen molar-refractivity contribution in [3.8, 4) is 5.75 Å². The maximum absolute atomic E-state index is 12.7. The van der Waals surface area contributed by atoms with E-state index in [1.54, 1.807) is 0 Å². The molecule has 0 heterocycles. The van der Waals surface area contributed by atoms with Gasteiger partial charge in [0.25, 0.3) is 0 Å². The van der Waals surface area contributed by atoms with E-state index in [-0.39, 0.29) is 19.7 Å². The summed E-state index contributed by atoms with van der Waals surface area (Å²) in [7, 11) is 0. The minimum Gasteiger partial charge on any atom is -0.494 e. The number of nitrogens with zero attached hydrogens (tertiary/aromatic N) is 1. The maximum Gasteiger partial charge on any atom is 0.312 e. The van der Waals surface area contributed by atoms with Crippen molar-refractivity contribution in [1.82, 2.24) is 10.2 Å². The van der Waals surface area contributed by atoms with Crippen LogP contribution in [0.3, 0.4) is 0 Å². The zero-order valence-corrected chi connectivity index (χ0v) is 16.6. The molecule has 0 bridgehead atoms. The molecule has 0 spiro atoms. The molecule has 0 aliphatic heterocycles. The summed E-state index contributed by atoms with van der Waals surface area (Å²) in [5, 5.41) is 12.0. The molecule has 0 aliphatic rings. The van der Waals surface area contributed by atoms with Crippen LogP contribution in [-0.4, -0.2) is 41.6 Å². The largest absolute Gasteiger partial charge is 0.494 e. The van der Waals surface area contributed by atoms with E-state index >= 15 is 0 Å². The van der Waals surface area contributed by atoms with Crippen molar-refractivity contribution in [1.29, 1.82) is 0 Å². The number of hydrogen-bond donors (Lipinski definition) is 2. The first-order valence-corrected chi connectivity index (χ1v) is 9.44. The molecule has 2 N–H and O–H groups in total. The van der Waals surface area contributed by atoms with Crippen molar-refractivity contribution in [2.24, 2.45) is 0 Å². The Morgan fingerprint density at radius 1 is 1.18 bits per heavy atom. The zero-order valence-electron chi connectivity index (χ0n) is 16.6. The van der Waals surface area contributed by atoms with Crippen LogP contribution in [0.2, 0.25) is 0 Å². The molecule has 0 aliphatic carbocycles. The minimum absolute atomic E-state index is 0.0875. The van der Waals surface area contributed by atoms with Crippen molar-refractivity contribution >= 4 is 11.8 Å². The molecule has 6 nitrogen and oxygen atoms in total. The molecule has 2 aromatic carbocycles. The third-order valence-electron chi connectivity index (χ3n) is 4.35. The fourth-order valence-corrected chi connectivity index (χ4v) is 2.95. The fraction of sp³-hybridized carbons (Fsp3) is 0.364. The second kappa shape index (κ2) is 10.5. The molecule has 2 amide bonds. The van der Waals surface area contributed by atoms with Crippen LogP contribution < -0.4 is 10.1 Å². The Labute approximate surface area is 166 Å². The summed E-state index contributed by atoms with van der Waals surface area (Å²) in [4.78, 5) is 26.6. The Morgan fingerprint density at radius 2 is 1.89 bits per heavy atom. The van der Waals surface area contributed by atoms with Crippen molar-refractivity contribution in [2.75, 3.05) is 19.8 Å². The van der Waals surface area contributed by atoms with Crippen LogP contribution in [0.15, 0.2) is 48.5 Å².